The molecule has 0 heteroatoms. The Hall–Kier alpha value is -1.04. The Kier molecular flexibility index (Phi) is 3.05. The van der Waals surface area contributed by atoms with Gasteiger partial charge in [-0.1, -0.05) is 62.2 Å². The van der Waals surface area contributed by atoms with Crippen molar-refractivity contribution in [1.29, 1.82) is 0 Å². The van der Waals surface area contributed by atoms with Crippen molar-refractivity contribution in [1.82, 2.24) is 0 Å². The lowest BCUT2D eigenvalue weighted by Gasteiger charge is -2.28. The molecule has 1 aromatic rings. The highest BCUT2D eigenvalue weighted by molar-refractivity contribution is 5.29. The Morgan fingerprint density at radius 2 is 1.82 bits per heavy atom. The van der Waals surface area contributed by atoms with E-state index in [1.54, 1.807) is 5.56 Å². The number of unbranched alkanes of at least 4 members (excludes halogenated alkanes) is 1. The van der Waals surface area contributed by atoms with E-state index in [0.717, 1.165) is 23.7 Å². The zero-order chi connectivity index (χ0) is 11.7. The SMILES string of the molecule is CCCCC1C2C=CC(C2)C1c1ccccc1. The maximum absolute atomic E-state index is 2.49. The van der Waals surface area contributed by atoms with Crippen molar-refractivity contribution in [2.24, 2.45) is 17.8 Å². The topological polar surface area (TPSA) is 0 Å². The van der Waals surface area contributed by atoms with Gasteiger partial charge in [-0.3, -0.25) is 0 Å². The smallest absolute Gasteiger partial charge is 0.00648 e. The summed E-state index contributed by atoms with van der Waals surface area (Å²) in [6, 6.07) is 11.2. The fraction of sp³-hybridized carbons (Fsp3) is 0.529. The number of fused-ring (bicyclic) bond motifs is 2. The highest BCUT2D eigenvalue weighted by atomic mass is 14.5. The zero-order valence-corrected chi connectivity index (χ0v) is 10.7. The molecule has 90 valence electrons. The van der Waals surface area contributed by atoms with E-state index in [1.165, 1.54) is 25.7 Å². The van der Waals surface area contributed by atoms with Crippen molar-refractivity contribution < 1.29 is 0 Å². The van der Waals surface area contributed by atoms with Gasteiger partial charge in [-0.25, -0.2) is 0 Å². The monoisotopic (exact) mass is 226 g/mol. The standard InChI is InChI=1S/C17H22/c1-2-3-9-16-14-10-11-15(12-14)17(16)13-7-5-4-6-8-13/h4-8,10-11,14-17H,2-3,9,12H2,1H3. The summed E-state index contributed by atoms with van der Waals surface area (Å²) in [7, 11) is 0. The molecule has 17 heavy (non-hydrogen) atoms. The van der Waals surface area contributed by atoms with Gasteiger partial charge in [0.05, 0.1) is 0 Å². The second-order valence-electron chi connectivity index (χ2n) is 5.69. The van der Waals surface area contributed by atoms with Crippen LogP contribution in [0.4, 0.5) is 0 Å². The van der Waals surface area contributed by atoms with Gasteiger partial charge in [0.2, 0.25) is 0 Å². The molecule has 4 atom stereocenters. The Morgan fingerprint density at radius 1 is 1.06 bits per heavy atom. The molecule has 3 rings (SSSR count). The number of hydrogen-bond donors (Lipinski definition) is 0. The third-order valence-corrected chi connectivity index (χ3v) is 4.70. The first-order valence-corrected chi connectivity index (χ1v) is 7.13. The summed E-state index contributed by atoms with van der Waals surface area (Å²) in [5, 5.41) is 0. The summed E-state index contributed by atoms with van der Waals surface area (Å²) in [5.74, 6) is 3.41. The van der Waals surface area contributed by atoms with E-state index in [2.05, 4.69) is 49.4 Å². The van der Waals surface area contributed by atoms with Crippen LogP contribution in [-0.4, -0.2) is 0 Å². The zero-order valence-electron chi connectivity index (χ0n) is 10.7. The molecule has 1 aromatic carbocycles. The fourth-order valence-electron chi connectivity index (χ4n) is 3.93. The predicted octanol–water partition coefficient (Wildman–Crippen LogP) is 4.78. The molecule has 0 N–H and O–H groups in total. The summed E-state index contributed by atoms with van der Waals surface area (Å²) >= 11 is 0. The Bertz CT molecular complexity index is 390. The van der Waals surface area contributed by atoms with Gasteiger partial charge in [0, 0.05) is 0 Å². The molecule has 0 amide bonds. The van der Waals surface area contributed by atoms with Crippen molar-refractivity contribution in [2.75, 3.05) is 0 Å². The number of benzene rings is 1. The molecule has 0 radical (unpaired) electrons. The van der Waals surface area contributed by atoms with Gasteiger partial charge in [0.25, 0.3) is 0 Å². The Morgan fingerprint density at radius 3 is 2.59 bits per heavy atom. The van der Waals surface area contributed by atoms with Crippen LogP contribution in [0.5, 0.6) is 0 Å². The van der Waals surface area contributed by atoms with Crippen molar-refractivity contribution in [3.05, 3.63) is 48.0 Å². The molecule has 0 nitrogen and oxygen atoms in total. The molecular formula is C17H22. The summed E-state index contributed by atoms with van der Waals surface area (Å²) in [5.41, 5.74) is 1.57. The number of allylic oxidation sites excluding steroid dienone is 2. The van der Waals surface area contributed by atoms with E-state index < -0.39 is 0 Å². The minimum absolute atomic E-state index is 0.803. The van der Waals surface area contributed by atoms with E-state index in [0.29, 0.717) is 0 Å². The van der Waals surface area contributed by atoms with E-state index in [-0.39, 0.29) is 0 Å². The Balaban J connectivity index is 1.84. The van der Waals surface area contributed by atoms with E-state index in [9.17, 15) is 0 Å². The van der Waals surface area contributed by atoms with Crippen LogP contribution >= 0.6 is 0 Å². The van der Waals surface area contributed by atoms with Crippen molar-refractivity contribution in [2.45, 2.75) is 38.5 Å². The van der Waals surface area contributed by atoms with Gasteiger partial charge in [-0.05, 0) is 42.1 Å². The third-order valence-electron chi connectivity index (χ3n) is 4.70. The third kappa shape index (κ3) is 1.94. The first kappa shape index (κ1) is 11.1. The van der Waals surface area contributed by atoms with Crippen LogP contribution in [0.3, 0.4) is 0 Å². The second kappa shape index (κ2) is 4.68. The van der Waals surface area contributed by atoms with Crippen LogP contribution in [0.1, 0.15) is 44.1 Å². The van der Waals surface area contributed by atoms with E-state index in [4.69, 9.17) is 0 Å². The molecule has 0 aromatic heterocycles. The molecule has 0 spiro atoms. The van der Waals surface area contributed by atoms with Gasteiger partial charge in [0.15, 0.2) is 0 Å². The first-order valence-electron chi connectivity index (χ1n) is 7.13. The highest BCUT2D eigenvalue weighted by Gasteiger charge is 2.44. The minimum atomic E-state index is 0.803. The summed E-state index contributed by atoms with van der Waals surface area (Å²) in [6.45, 7) is 2.31. The van der Waals surface area contributed by atoms with Crippen LogP contribution in [0.2, 0.25) is 0 Å². The lowest BCUT2D eigenvalue weighted by atomic mass is 9.76. The van der Waals surface area contributed by atoms with Crippen molar-refractivity contribution >= 4 is 0 Å². The quantitative estimate of drug-likeness (QED) is 0.648. The normalized spacial score (nSPS) is 34.4. The Labute approximate surface area is 105 Å². The molecule has 1 fully saturated rings. The van der Waals surface area contributed by atoms with Crippen LogP contribution in [0.25, 0.3) is 0 Å². The maximum Gasteiger partial charge on any atom is -0.00648 e. The molecule has 2 aliphatic carbocycles. The maximum atomic E-state index is 2.49. The summed E-state index contributed by atoms with van der Waals surface area (Å²) in [4.78, 5) is 0. The lowest BCUT2D eigenvalue weighted by Crippen LogP contribution is -2.17. The number of rotatable bonds is 4. The molecular weight excluding hydrogens is 204 g/mol. The minimum Gasteiger partial charge on any atom is -0.0848 e. The summed E-state index contributed by atoms with van der Waals surface area (Å²) in [6.07, 6.45) is 10.5. The van der Waals surface area contributed by atoms with Gasteiger partial charge < -0.3 is 0 Å². The van der Waals surface area contributed by atoms with Gasteiger partial charge >= 0.3 is 0 Å². The van der Waals surface area contributed by atoms with E-state index >= 15 is 0 Å². The average molecular weight is 226 g/mol. The van der Waals surface area contributed by atoms with Crippen LogP contribution in [0, 0.1) is 17.8 Å². The van der Waals surface area contributed by atoms with Crippen LogP contribution in [0.15, 0.2) is 42.5 Å². The van der Waals surface area contributed by atoms with Gasteiger partial charge in [-0.15, -0.1) is 0 Å². The molecule has 0 saturated heterocycles. The largest absolute Gasteiger partial charge is 0.0848 e. The fourth-order valence-corrected chi connectivity index (χ4v) is 3.93. The highest BCUT2D eigenvalue weighted by Crippen LogP contribution is 2.54. The van der Waals surface area contributed by atoms with Crippen LogP contribution in [-0.2, 0) is 0 Å². The van der Waals surface area contributed by atoms with Gasteiger partial charge in [-0.2, -0.15) is 0 Å². The average Bonchev–Trinajstić information content (AvgIpc) is 2.97. The molecule has 0 heterocycles. The van der Waals surface area contributed by atoms with Crippen LogP contribution < -0.4 is 0 Å². The first-order chi connectivity index (χ1) is 8.40. The lowest BCUT2D eigenvalue weighted by molar-refractivity contribution is 0.357. The van der Waals surface area contributed by atoms with E-state index in [1.807, 2.05) is 0 Å². The predicted molar refractivity (Wildman–Crippen MR) is 72.9 cm³/mol. The molecule has 4 unspecified atom stereocenters. The van der Waals surface area contributed by atoms with Crippen molar-refractivity contribution in [3.63, 3.8) is 0 Å². The molecule has 1 saturated carbocycles. The summed E-state index contributed by atoms with van der Waals surface area (Å²) < 4.78 is 0. The van der Waals surface area contributed by atoms with Gasteiger partial charge in [0.1, 0.15) is 0 Å². The molecule has 2 aliphatic rings. The number of hydrogen-bond acceptors (Lipinski definition) is 0. The second-order valence-corrected chi connectivity index (χ2v) is 5.69. The molecule has 0 aliphatic heterocycles. The molecule has 2 bridgehead atoms. The van der Waals surface area contributed by atoms with Crippen molar-refractivity contribution in [3.8, 4) is 0 Å².